The average Bonchev–Trinajstić information content (AvgIpc) is 2.65. The van der Waals surface area contributed by atoms with Crippen LogP contribution in [0, 0.1) is 0 Å². The van der Waals surface area contributed by atoms with Crippen molar-refractivity contribution in [1.29, 1.82) is 0 Å². The molecule has 0 aromatic rings. The van der Waals surface area contributed by atoms with Gasteiger partial charge in [0.15, 0.2) is 0 Å². The second kappa shape index (κ2) is 7.43. The Labute approximate surface area is 112 Å². The normalized spacial score (nSPS) is 27.0. The molecule has 4 heteroatoms. The molecule has 2 heterocycles. The first-order valence-electron chi connectivity index (χ1n) is 7.61. The molecule has 0 aromatic heterocycles. The summed E-state index contributed by atoms with van der Waals surface area (Å²) in [5.41, 5.74) is 0. The number of nitrogens with one attached hydrogen (secondary N) is 1. The van der Waals surface area contributed by atoms with Gasteiger partial charge in [0.25, 0.3) is 0 Å². The zero-order valence-electron chi connectivity index (χ0n) is 12.2. The van der Waals surface area contributed by atoms with Crippen LogP contribution in [0.25, 0.3) is 0 Å². The first kappa shape index (κ1) is 14.3. The molecule has 1 unspecified atom stereocenters. The van der Waals surface area contributed by atoms with Crippen molar-refractivity contribution in [2.75, 3.05) is 66.0 Å². The molecule has 4 nitrogen and oxygen atoms in total. The monoisotopic (exact) mass is 254 g/mol. The van der Waals surface area contributed by atoms with Crippen LogP contribution >= 0.6 is 0 Å². The lowest BCUT2D eigenvalue weighted by Crippen LogP contribution is -2.48. The average molecular weight is 254 g/mol. The van der Waals surface area contributed by atoms with E-state index in [2.05, 4.69) is 34.0 Å². The van der Waals surface area contributed by atoms with E-state index in [0.29, 0.717) is 0 Å². The second-order valence-electron chi connectivity index (χ2n) is 5.92. The molecular formula is C14H30N4. The molecule has 1 N–H and O–H groups in total. The number of nitrogens with zero attached hydrogens (tertiary/aromatic N) is 3. The first-order valence-corrected chi connectivity index (χ1v) is 7.61. The van der Waals surface area contributed by atoms with Crippen molar-refractivity contribution >= 4 is 0 Å². The van der Waals surface area contributed by atoms with Gasteiger partial charge in [-0.2, -0.15) is 0 Å². The highest BCUT2D eigenvalue weighted by Gasteiger charge is 2.19. The standard InChI is InChI=1S/C14H30N4/c1-14(18-12-10-16(2)11-13-18)4-8-17-7-3-5-15-6-9-17/h14-15H,3-13H2,1-2H3. The van der Waals surface area contributed by atoms with Crippen LogP contribution in [0.15, 0.2) is 0 Å². The molecule has 0 amide bonds. The Morgan fingerprint density at radius 2 is 1.78 bits per heavy atom. The van der Waals surface area contributed by atoms with Crippen LogP contribution in [0.3, 0.4) is 0 Å². The van der Waals surface area contributed by atoms with Gasteiger partial charge in [0.1, 0.15) is 0 Å². The fourth-order valence-electron chi connectivity index (χ4n) is 2.94. The van der Waals surface area contributed by atoms with Gasteiger partial charge in [-0.15, -0.1) is 0 Å². The second-order valence-corrected chi connectivity index (χ2v) is 5.92. The fourth-order valence-corrected chi connectivity index (χ4v) is 2.94. The van der Waals surface area contributed by atoms with Crippen LogP contribution in [0.5, 0.6) is 0 Å². The number of piperazine rings is 1. The number of hydrogen-bond acceptors (Lipinski definition) is 4. The summed E-state index contributed by atoms with van der Waals surface area (Å²) in [6.45, 7) is 13.5. The summed E-state index contributed by atoms with van der Waals surface area (Å²) in [6, 6.07) is 0.745. The Morgan fingerprint density at radius 1 is 1.00 bits per heavy atom. The van der Waals surface area contributed by atoms with E-state index >= 15 is 0 Å². The molecule has 1 atom stereocenters. The highest BCUT2D eigenvalue weighted by atomic mass is 15.3. The van der Waals surface area contributed by atoms with Crippen molar-refractivity contribution in [3.63, 3.8) is 0 Å². The lowest BCUT2D eigenvalue weighted by molar-refractivity contribution is 0.107. The van der Waals surface area contributed by atoms with E-state index in [1.807, 2.05) is 0 Å². The van der Waals surface area contributed by atoms with Gasteiger partial charge in [0.05, 0.1) is 0 Å². The third kappa shape index (κ3) is 4.50. The smallest absolute Gasteiger partial charge is 0.0113 e. The maximum atomic E-state index is 3.48. The van der Waals surface area contributed by atoms with E-state index < -0.39 is 0 Å². The topological polar surface area (TPSA) is 21.8 Å². The summed E-state index contributed by atoms with van der Waals surface area (Å²) in [5, 5.41) is 3.48. The quantitative estimate of drug-likeness (QED) is 0.779. The number of likely N-dealkylation sites (N-methyl/N-ethyl adjacent to an activating group) is 1. The molecule has 2 saturated heterocycles. The van der Waals surface area contributed by atoms with Crippen LogP contribution in [0.1, 0.15) is 19.8 Å². The third-order valence-corrected chi connectivity index (χ3v) is 4.46. The van der Waals surface area contributed by atoms with Gasteiger partial charge in [-0.3, -0.25) is 4.90 Å². The van der Waals surface area contributed by atoms with E-state index in [1.165, 1.54) is 71.7 Å². The van der Waals surface area contributed by atoms with Crippen LogP contribution < -0.4 is 5.32 Å². The predicted octanol–water partition coefficient (Wildman–Crippen LogP) is 0.308. The van der Waals surface area contributed by atoms with E-state index in [0.717, 1.165) is 6.04 Å². The fraction of sp³-hybridized carbons (Fsp3) is 1.00. The minimum atomic E-state index is 0.745. The van der Waals surface area contributed by atoms with Crippen molar-refractivity contribution in [1.82, 2.24) is 20.0 Å². The van der Waals surface area contributed by atoms with E-state index in [9.17, 15) is 0 Å². The summed E-state index contributed by atoms with van der Waals surface area (Å²) in [6.07, 6.45) is 2.63. The Morgan fingerprint density at radius 3 is 2.56 bits per heavy atom. The Bertz CT molecular complexity index is 218. The summed E-state index contributed by atoms with van der Waals surface area (Å²) in [7, 11) is 2.23. The summed E-state index contributed by atoms with van der Waals surface area (Å²) in [5.74, 6) is 0. The largest absolute Gasteiger partial charge is 0.315 e. The van der Waals surface area contributed by atoms with Gasteiger partial charge >= 0.3 is 0 Å². The molecule has 0 radical (unpaired) electrons. The summed E-state index contributed by atoms with van der Waals surface area (Å²) < 4.78 is 0. The van der Waals surface area contributed by atoms with Gasteiger partial charge in [-0.1, -0.05) is 0 Å². The maximum absolute atomic E-state index is 3.48. The molecule has 2 aliphatic heterocycles. The SMILES string of the molecule is CC(CCN1CCCNCC1)N1CCN(C)CC1. The molecule has 0 spiro atoms. The van der Waals surface area contributed by atoms with Crippen molar-refractivity contribution < 1.29 is 0 Å². The van der Waals surface area contributed by atoms with Crippen molar-refractivity contribution in [3.8, 4) is 0 Å². The first-order chi connectivity index (χ1) is 8.75. The van der Waals surface area contributed by atoms with Gasteiger partial charge in [0, 0.05) is 45.3 Å². The molecule has 18 heavy (non-hydrogen) atoms. The van der Waals surface area contributed by atoms with Gasteiger partial charge in [-0.05, 0) is 46.4 Å². The minimum Gasteiger partial charge on any atom is -0.315 e. The molecule has 2 aliphatic rings. The summed E-state index contributed by atoms with van der Waals surface area (Å²) in [4.78, 5) is 7.73. The van der Waals surface area contributed by atoms with Gasteiger partial charge in [-0.25, -0.2) is 0 Å². The Kier molecular flexibility index (Phi) is 5.89. The van der Waals surface area contributed by atoms with Crippen LogP contribution in [-0.2, 0) is 0 Å². The zero-order chi connectivity index (χ0) is 12.8. The maximum Gasteiger partial charge on any atom is 0.0113 e. The lowest BCUT2D eigenvalue weighted by Gasteiger charge is -2.37. The van der Waals surface area contributed by atoms with E-state index in [-0.39, 0.29) is 0 Å². The molecule has 0 aromatic carbocycles. The van der Waals surface area contributed by atoms with Crippen LogP contribution in [-0.4, -0.2) is 86.7 Å². The Balaban J connectivity index is 1.65. The van der Waals surface area contributed by atoms with Crippen LogP contribution in [0.2, 0.25) is 0 Å². The van der Waals surface area contributed by atoms with E-state index in [4.69, 9.17) is 0 Å². The van der Waals surface area contributed by atoms with Crippen molar-refractivity contribution in [2.45, 2.75) is 25.8 Å². The summed E-state index contributed by atoms with van der Waals surface area (Å²) >= 11 is 0. The highest BCUT2D eigenvalue weighted by Crippen LogP contribution is 2.09. The van der Waals surface area contributed by atoms with Crippen molar-refractivity contribution in [3.05, 3.63) is 0 Å². The number of rotatable bonds is 4. The minimum absolute atomic E-state index is 0.745. The molecule has 0 bridgehead atoms. The van der Waals surface area contributed by atoms with Crippen LogP contribution in [0.4, 0.5) is 0 Å². The Hall–Kier alpha value is -0.160. The molecular weight excluding hydrogens is 224 g/mol. The zero-order valence-corrected chi connectivity index (χ0v) is 12.2. The van der Waals surface area contributed by atoms with Crippen molar-refractivity contribution in [2.24, 2.45) is 0 Å². The number of hydrogen-bond donors (Lipinski definition) is 1. The molecule has 0 aliphatic carbocycles. The third-order valence-electron chi connectivity index (χ3n) is 4.46. The molecule has 0 saturated carbocycles. The molecule has 2 fully saturated rings. The highest BCUT2D eigenvalue weighted by molar-refractivity contribution is 4.76. The molecule has 2 rings (SSSR count). The van der Waals surface area contributed by atoms with Gasteiger partial charge in [0.2, 0.25) is 0 Å². The predicted molar refractivity (Wildman–Crippen MR) is 77.1 cm³/mol. The lowest BCUT2D eigenvalue weighted by atomic mass is 10.1. The van der Waals surface area contributed by atoms with Gasteiger partial charge < -0.3 is 15.1 Å². The van der Waals surface area contributed by atoms with E-state index in [1.54, 1.807) is 0 Å². The molecule has 106 valence electrons.